The first-order valence-corrected chi connectivity index (χ1v) is 7.48. The summed E-state index contributed by atoms with van der Waals surface area (Å²) in [6.45, 7) is 2.33. The predicted octanol–water partition coefficient (Wildman–Crippen LogP) is 2.32. The molecule has 1 aliphatic heterocycles. The number of benzene rings is 1. The molecule has 0 spiro atoms. The largest absolute Gasteiger partial charge is 0.333 e. The Hall–Kier alpha value is -2.89. The second kappa shape index (κ2) is 6.48. The number of pyridine rings is 1. The molecule has 3 amide bonds. The summed E-state index contributed by atoms with van der Waals surface area (Å²) < 4.78 is 0. The van der Waals surface area contributed by atoms with Gasteiger partial charge in [-0.2, -0.15) is 0 Å². The van der Waals surface area contributed by atoms with Gasteiger partial charge in [-0.25, -0.2) is 9.78 Å². The molecule has 1 aromatic carbocycles. The summed E-state index contributed by atoms with van der Waals surface area (Å²) in [6.07, 6.45) is 0.295. The molecule has 1 fully saturated rings. The second-order valence-electron chi connectivity index (χ2n) is 5.50. The fourth-order valence-corrected chi connectivity index (χ4v) is 2.61. The zero-order chi connectivity index (χ0) is 16.2. The van der Waals surface area contributed by atoms with Crippen molar-refractivity contribution in [2.24, 2.45) is 0 Å². The highest BCUT2D eigenvalue weighted by Crippen LogP contribution is 2.21. The van der Waals surface area contributed by atoms with E-state index in [1.807, 2.05) is 49.4 Å². The van der Waals surface area contributed by atoms with E-state index < -0.39 is 0 Å². The maximum Gasteiger partial charge on any atom is 0.320 e. The summed E-state index contributed by atoms with van der Waals surface area (Å²) >= 11 is 0. The predicted molar refractivity (Wildman–Crippen MR) is 88.3 cm³/mol. The normalized spacial score (nSPS) is 17.2. The molecule has 1 atom stereocenters. The average Bonchev–Trinajstić information content (AvgIpc) is 2.88. The number of urea groups is 1. The quantitative estimate of drug-likeness (QED) is 0.913. The van der Waals surface area contributed by atoms with Crippen molar-refractivity contribution in [3.8, 4) is 0 Å². The van der Waals surface area contributed by atoms with Gasteiger partial charge in [0.1, 0.15) is 5.82 Å². The van der Waals surface area contributed by atoms with Gasteiger partial charge >= 0.3 is 6.03 Å². The molecule has 0 radical (unpaired) electrons. The van der Waals surface area contributed by atoms with Gasteiger partial charge in [-0.3, -0.25) is 10.1 Å². The molecule has 1 aromatic heterocycles. The number of nitrogens with zero attached hydrogens (tertiary/aromatic N) is 2. The smallest absolute Gasteiger partial charge is 0.320 e. The van der Waals surface area contributed by atoms with Crippen molar-refractivity contribution in [1.29, 1.82) is 0 Å². The lowest BCUT2D eigenvalue weighted by Gasteiger charge is -2.17. The first kappa shape index (κ1) is 15.0. The van der Waals surface area contributed by atoms with Gasteiger partial charge < -0.3 is 10.2 Å². The molecule has 3 rings (SSSR count). The Morgan fingerprint density at radius 1 is 1.17 bits per heavy atom. The Bertz CT molecular complexity index is 718. The van der Waals surface area contributed by atoms with Crippen LogP contribution in [0.5, 0.6) is 0 Å². The van der Waals surface area contributed by atoms with Crippen LogP contribution in [0.1, 0.15) is 12.1 Å². The fourth-order valence-electron chi connectivity index (χ4n) is 2.61. The topological polar surface area (TPSA) is 74.3 Å². The van der Waals surface area contributed by atoms with Crippen molar-refractivity contribution in [2.75, 3.05) is 16.8 Å². The highest BCUT2D eigenvalue weighted by molar-refractivity contribution is 5.97. The lowest BCUT2D eigenvalue weighted by Crippen LogP contribution is -2.39. The summed E-state index contributed by atoms with van der Waals surface area (Å²) in [4.78, 5) is 30.1. The molecular weight excluding hydrogens is 292 g/mol. The number of carbonyl (C=O) groups is 2. The average molecular weight is 310 g/mol. The third-order valence-corrected chi connectivity index (χ3v) is 3.66. The molecule has 1 saturated heterocycles. The number of hydrogen-bond donors (Lipinski definition) is 2. The summed E-state index contributed by atoms with van der Waals surface area (Å²) in [6, 6.07) is 14.3. The van der Waals surface area contributed by atoms with Crippen LogP contribution in [0.2, 0.25) is 0 Å². The van der Waals surface area contributed by atoms with E-state index in [0.29, 0.717) is 18.8 Å². The van der Waals surface area contributed by atoms with Crippen molar-refractivity contribution in [2.45, 2.75) is 19.4 Å². The molecule has 0 bridgehead atoms. The third-order valence-electron chi connectivity index (χ3n) is 3.66. The maximum absolute atomic E-state index is 12.1. The van der Waals surface area contributed by atoms with Crippen molar-refractivity contribution in [3.63, 3.8) is 0 Å². The number of aromatic nitrogens is 1. The van der Waals surface area contributed by atoms with Crippen LogP contribution in [-0.2, 0) is 4.79 Å². The van der Waals surface area contributed by atoms with Crippen LogP contribution in [0, 0.1) is 6.92 Å². The molecule has 1 aliphatic rings. The Morgan fingerprint density at radius 3 is 2.70 bits per heavy atom. The van der Waals surface area contributed by atoms with Crippen molar-refractivity contribution >= 4 is 23.4 Å². The minimum absolute atomic E-state index is 0.00943. The van der Waals surface area contributed by atoms with Crippen molar-refractivity contribution in [1.82, 2.24) is 10.3 Å². The van der Waals surface area contributed by atoms with Crippen LogP contribution < -0.4 is 15.5 Å². The third kappa shape index (κ3) is 3.66. The Balaban J connectivity index is 1.59. The molecule has 23 heavy (non-hydrogen) atoms. The molecule has 0 saturated carbocycles. The SMILES string of the molecule is Cc1cccc(NC(=O)NC2CC(=O)N(c3ccccc3)C2)n1. The van der Waals surface area contributed by atoms with Crippen molar-refractivity contribution in [3.05, 3.63) is 54.2 Å². The zero-order valence-electron chi connectivity index (χ0n) is 12.8. The lowest BCUT2D eigenvalue weighted by molar-refractivity contribution is -0.117. The van der Waals surface area contributed by atoms with E-state index in [1.54, 1.807) is 11.0 Å². The van der Waals surface area contributed by atoms with Crippen LogP contribution in [0.25, 0.3) is 0 Å². The van der Waals surface area contributed by atoms with Crippen LogP contribution in [-0.4, -0.2) is 29.5 Å². The molecule has 118 valence electrons. The minimum Gasteiger partial charge on any atom is -0.333 e. The van der Waals surface area contributed by atoms with Gasteiger partial charge in [0.15, 0.2) is 0 Å². The Labute approximate surface area is 134 Å². The van der Waals surface area contributed by atoms with E-state index in [1.165, 1.54) is 0 Å². The van der Waals surface area contributed by atoms with Gasteiger partial charge in [0.05, 0.1) is 6.04 Å². The summed E-state index contributed by atoms with van der Waals surface area (Å²) in [7, 11) is 0. The highest BCUT2D eigenvalue weighted by Gasteiger charge is 2.31. The Kier molecular flexibility index (Phi) is 4.23. The monoisotopic (exact) mass is 310 g/mol. The number of aryl methyl sites for hydroxylation is 1. The Morgan fingerprint density at radius 2 is 1.96 bits per heavy atom. The number of anilines is 2. The number of hydrogen-bond acceptors (Lipinski definition) is 3. The van der Waals surface area contributed by atoms with Gasteiger partial charge in [-0.1, -0.05) is 24.3 Å². The summed E-state index contributed by atoms with van der Waals surface area (Å²) in [5.41, 5.74) is 1.68. The van der Waals surface area contributed by atoms with Crippen molar-refractivity contribution < 1.29 is 9.59 Å². The standard InChI is InChI=1S/C17H18N4O2/c1-12-6-5-9-15(18-12)20-17(23)19-13-10-16(22)21(11-13)14-7-3-2-4-8-14/h2-9,13H,10-11H2,1H3,(H2,18,19,20,23). The maximum atomic E-state index is 12.1. The first-order valence-electron chi connectivity index (χ1n) is 7.48. The summed E-state index contributed by atoms with van der Waals surface area (Å²) in [5.74, 6) is 0.502. The molecule has 0 aliphatic carbocycles. The van der Waals surface area contributed by atoms with E-state index in [0.717, 1.165) is 11.4 Å². The minimum atomic E-state index is -0.351. The molecule has 2 heterocycles. The van der Waals surface area contributed by atoms with Gasteiger partial charge in [0.25, 0.3) is 0 Å². The van der Waals surface area contributed by atoms with Gasteiger partial charge in [-0.05, 0) is 31.2 Å². The molecule has 2 aromatic rings. The molecule has 2 N–H and O–H groups in total. The molecule has 6 heteroatoms. The van der Waals surface area contributed by atoms with E-state index >= 15 is 0 Å². The van der Waals surface area contributed by atoms with E-state index in [4.69, 9.17) is 0 Å². The number of amides is 3. The van der Waals surface area contributed by atoms with Gasteiger partial charge in [-0.15, -0.1) is 0 Å². The van der Waals surface area contributed by atoms with Crippen LogP contribution in [0.15, 0.2) is 48.5 Å². The number of para-hydroxylation sites is 1. The molecule has 1 unspecified atom stereocenters. The van der Waals surface area contributed by atoms with E-state index in [2.05, 4.69) is 15.6 Å². The van der Waals surface area contributed by atoms with Gasteiger partial charge in [0, 0.05) is 24.3 Å². The van der Waals surface area contributed by atoms with Gasteiger partial charge in [0.2, 0.25) is 5.91 Å². The number of carbonyl (C=O) groups excluding carboxylic acids is 2. The molecular formula is C17H18N4O2. The fraction of sp³-hybridized carbons (Fsp3) is 0.235. The first-order chi connectivity index (χ1) is 11.1. The zero-order valence-corrected chi connectivity index (χ0v) is 12.8. The highest BCUT2D eigenvalue weighted by atomic mass is 16.2. The summed E-state index contributed by atoms with van der Waals surface area (Å²) in [5, 5.41) is 5.51. The van der Waals surface area contributed by atoms with Crippen LogP contribution in [0.4, 0.5) is 16.3 Å². The second-order valence-corrected chi connectivity index (χ2v) is 5.50. The number of rotatable bonds is 3. The number of nitrogens with one attached hydrogen (secondary N) is 2. The van der Waals surface area contributed by atoms with Crippen LogP contribution in [0.3, 0.4) is 0 Å². The lowest BCUT2D eigenvalue weighted by atomic mass is 10.2. The van der Waals surface area contributed by atoms with E-state index in [9.17, 15) is 9.59 Å². The van der Waals surface area contributed by atoms with Crippen LogP contribution >= 0.6 is 0 Å². The molecule has 6 nitrogen and oxygen atoms in total. The van der Waals surface area contributed by atoms with E-state index in [-0.39, 0.29) is 18.0 Å².